The summed E-state index contributed by atoms with van der Waals surface area (Å²) in [4.78, 5) is 0. The van der Waals surface area contributed by atoms with Crippen molar-refractivity contribution in [2.45, 2.75) is 0 Å². The number of benzene rings is 4. The fraction of sp³-hybridized carbons (Fsp3) is 0. The first kappa shape index (κ1) is 5.24. The van der Waals surface area contributed by atoms with Crippen molar-refractivity contribution < 1.29 is 22.2 Å². The van der Waals surface area contributed by atoms with Crippen molar-refractivity contribution >= 4 is 32.7 Å². The van der Waals surface area contributed by atoms with Gasteiger partial charge in [0.15, 0.2) is 0 Å². The number of hydrogen-bond acceptors (Lipinski definition) is 1. The van der Waals surface area contributed by atoms with Gasteiger partial charge in [0.25, 0.3) is 0 Å². The Kier molecular flexibility index (Phi) is 1.08. The minimum atomic E-state index is -0.673. The largest absolute Gasteiger partial charge is 0.455 e. The summed E-state index contributed by atoms with van der Waals surface area (Å²) in [6.07, 6.45) is 0. The van der Waals surface area contributed by atoms with Gasteiger partial charge in [-0.1, -0.05) is 72.5 Å². The van der Waals surface area contributed by atoms with Gasteiger partial charge in [0, 0.05) is 16.3 Å². The molecule has 0 radical (unpaired) electrons. The van der Waals surface area contributed by atoms with E-state index in [9.17, 15) is 0 Å². The molecular formula is C22H14O. The molecule has 1 nitrogen and oxygen atoms in total. The minimum Gasteiger partial charge on any atom is -0.455 e. The highest BCUT2D eigenvalue weighted by atomic mass is 16.3. The second kappa shape index (κ2) is 4.72. The van der Waals surface area contributed by atoms with E-state index < -0.39 is 78.1 Å². The van der Waals surface area contributed by atoms with Crippen LogP contribution in [0.25, 0.3) is 43.8 Å². The SMILES string of the molecule is [2H]c1cc2oc3c(-c4c([2H])c([2H])c([2H])c([2H])c4[2H])c([2H])c4c([2H])c([2H])c([2H])c([2H])c4c3c2c([2H])c1[2H]. The maximum Gasteiger partial charge on any atom is 0.143 e. The summed E-state index contributed by atoms with van der Waals surface area (Å²) in [7, 11) is 0. The normalized spacial score (nSPS) is 19.4. The number of hydrogen-bond donors (Lipinski definition) is 0. The van der Waals surface area contributed by atoms with Crippen LogP contribution in [-0.2, 0) is 0 Å². The van der Waals surface area contributed by atoms with Gasteiger partial charge in [-0.3, -0.25) is 0 Å². The maximum atomic E-state index is 8.90. The van der Waals surface area contributed by atoms with E-state index in [1.807, 2.05) is 0 Å². The summed E-state index contributed by atoms with van der Waals surface area (Å²) in [6, 6.07) is -6.30. The molecule has 23 heavy (non-hydrogen) atoms. The fourth-order valence-corrected chi connectivity index (χ4v) is 2.62. The van der Waals surface area contributed by atoms with E-state index in [1.165, 1.54) is 0 Å². The summed E-state index contributed by atoms with van der Waals surface area (Å²) in [6.45, 7) is 0. The van der Waals surface area contributed by atoms with E-state index in [0.717, 1.165) is 6.07 Å². The fourth-order valence-electron chi connectivity index (χ4n) is 2.62. The first-order chi connectivity index (χ1) is 16.8. The summed E-state index contributed by atoms with van der Waals surface area (Å²) >= 11 is 0. The van der Waals surface area contributed by atoms with Crippen molar-refractivity contribution in [3.63, 3.8) is 0 Å². The number of furan rings is 1. The van der Waals surface area contributed by atoms with E-state index in [0.29, 0.717) is 0 Å². The molecular weight excluding hydrogens is 280 g/mol. The van der Waals surface area contributed by atoms with E-state index in [2.05, 4.69) is 0 Å². The lowest BCUT2D eigenvalue weighted by Crippen LogP contribution is -1.81. The Labute approximate surface area is 152 Å². The zero-order valence-corrected chi connectivity index (χ0v) is 11.5. The van der Waals surface area contributed by atoms with E-state index in [1.54, 1.807) is 0 Å². The Morgan fingerprint density at radius 2 is 1.48 bits per heavy atom. The van der Waals surface area contributed by atoms with Crippen LogP contribution in [0.1, 0.15) is 17.8 Å². The van der Waals surface area contributed by atoms with Crippen molar-refractivity contribution in [1.29, 1.82) is 0 Å². The topological polar surface area (TPSA) is 13.1 Å². The molecule has 108 valence electrons. The van der Waals surface area contributed by atoms with Crippen LogP contribution in [-0.4, -0.2) is 0 Å². The van der Waals surface area contributed by atoms with Gasteiger partial charge in [0.05, 0.1) is 17.8 Å². The summed E-state index contributed by atoms with van der Waals surface area (Å²) in [5.41, 5.74) is -1.05. The van der Waals surface area contributed by atoms with Crippen molar-refractivity contribution in [2.24, 2.45) is 0 Å². The van der Waals surface area contributed by atoms with Gasteiger partial charge in [0.2, 0.25) is 0 Å². The lowest BCUT2D eigenvalue weighted by Gasteiger charge is -2.06. The third kappa shape index (κ3) is 1.80. The zero-order valence-electron chi connectivity index (χ0n) is 24.5. The third-order valence-electron chi connectivity index (χ3n) is 3.56. The van der Waals surface area contributed by atoms with E-state index in [-0.39, 0.29) is 44.3 Å². The molecule has 5 aromatic rings. The van der Waals surface area contributed by atoms with Crippen LogP contribution in [0.4, 0.5) is 0 Å². The number of rotatable bonds is 1. The second-order valence-electron chi connectivity index (χ2n) is 4.83. The second-order valence-corrected chi connectivity index (χ2v) is 4.83. The highest BCUT2D eigenvalue weighted by molar-refractivity contribution is 6.22. The molecule has 1 aromatic heterocycles. The molecule has 0 aliphatic rings. The van der Waals surface area contributed by atoms with Crippen LogP contribution >= 0.6 is 0 Å². The van der Waals surface area contributed by atoms with Gasteiger partial charge < -0.3 is 4.42 Å². The lowest BCUT2D eigenvalue weighted by atomic mass is 9.96. The van der Waals surface area contributed by atoms with Gasteiger partial charge in [-0.05, 0) is 28.4 Å². The molecule has 0 bridgehead atoms. The smallest absolute Gasteiger partial charge is 0.143 e. The molecule has 1 heteroatoms. The van der Waals surface area contributed by atoms with Crippen LogP contribution in [0.3, 0.4) is 0 Å². The van der Waals surface area contributed by atoms with Crippen molar-refractivity contribution in [3.8, 4) is 11.1 Å². The quantitative estimate of drug-likeness (QED) is 0.349. The molecule has 0 unspecified atom stereocenters. The molecule has 0 aliphatic carbocycles. The van der Waals surface area contributed by atoms with Crippen LogP contribution in [0.15, 0.2) is 89.0 Å². The molecule has 1 heterocycles. The molecule has 0 aliphatic heterocycles. The Morgan fingerprint density at radius 3 is 2.39 bits per heavy atom. The maximum absolute atomic E-state index is 8.90. The summed E-state index contributed by atoms with van der Waals surface area (Å²) in [5.74, 6) is 0. The van der Waals surface area contributed by atoms with Crippen LogP contribution in [0.2, 0.25) is 0 Å². The van der Waals surface area contributed by atoms with Gasteiger partial charge in [-0.15, -0.1) is 0 Å². The highest BCUT2D eigenvalue weighted by Gasteiger charge is 2.15. The number of fused-ring (bicyclic) bond motifs is 5. The van der Waals surface area contributed by atoms with Crippen molar-refractivity contribution in [2.75, 3.05) is 0 Å². The molecule has 5 rings (SSSR count). The summed E-state index contributed by atoms with van der Waals surface area (Å²) < 4.78 is 113. The molecule has 0 atom stereocenters. The average Bonchev–Trinajstić information content (AvgIpc) is 3.21. The molecule has 0 N–H and O–H groups in total. The minimum absolute atomic E-state index is 0.0466. The first-order valence-electron chi connectivity index (χ1n) is 13.2. The van der Waals surface area contributed by atoms with E-state index >= 15 is 0 Å². The Hall–Kier alpha value is -3.06. The Bertz CT molecular complexity index is 1790. The molecule has 4 aromatic carbocycles. The Morgan fingerprint density at radius 1 is 0.739 bits per heavy atom. The van der Waals surface area contributed by atoms with Crippen molar-refractivity contribution in [1.82, 2.24) is 0 Å². The van der Waals surface area contributed by atoms with Crippen LogP contribution in [0.5, 0.6) is 0 Å². The standard InChI is InChI=1S/C22H14O/c1-2-8-15(9-3-1)19-14-16-10-4-5-11-17(16)21-18-12-6-7-13-20(18)23-22(19)21/h1-14H/i1D,2D,3D,4D,5D,6D,7D,8D,9D,10D,11D,12D,14D. The summed E-state index contributed by atoms with van der Waals surface area (Å²) in [5, 5.41) is -0.571. The molecule has 0 saturated heterocycles. The van der Waals surface area contributed by atoms with Gasteiger partial charge in [0.1, 0.15) is 11.2 Å². The lowest BCUT2D eigenvalue weighted by molar-refractivity contribution is 0.670. The highest BCUT2D eigenvalue weighted by Crippen LogP contribution is 2.40. The van der Waals surface area contributed by atoms with Crippen LogP contribution < -0.4 is 0 Å². The molecule has 0 amide bonds. The van der Waals surface area contributed by atoms with Gasteiger partial charge in [-0.25, -0.2) is 0 Å². The van der Waals surface area contributed by atoms with E-state index in [4.69, 9.17) is 22.2 Å². The zero-order chi connectivity index (χ0) is 26.5. The Balaban J connectivity index is 2.22. The third-order valence-corrected chi connectivity index (χ3v) is 3.56. The monoisotopic (exact) mass is 307 g/mol. The van der Waals surface area contributed by atoms with Crippen LogP contribution in [0, 0.1) is 0 Å². The van der Waals surface area contributed by atoms with Gasteiger partial charge >= 0.3 is 0 Å². The average molecular weight is 307 g/mol. The van der Waals surface area contributed by atoms with Gasteiger partial charge in [-0.2, -0.15) is 0 Å². The predicted octanol–water partition coefficient (Wildman–Crippen LogP) is 6.41. The molecule has 0 saturated carbocycles. The number of para-hydroxylation sites is 1. The molecule has 0 fully saturated rings. The first-order valence-corrected chi connectivity index (χ1v) is 6.74. The molecule has 0 spiro atoms. The van der Waals surface area contributed by atoms with Crippen molar-refractivity contribution in [3.05, 3.63) is 84.6 Å². The predicted molar refractivity (Wildman–Crippen MR) is 96.7 cm³/mol.